The molecular weight excluding hydrogens is 268 g/mol. The Balaban J connectivity index is 1.83. The second-order valence-corrected chi connectivity index (χ2v) is 7.03. The number of halogens is 1. The van der Waals surface area contributed by atoms with Crippen molar-refractivity contribution >= 4 is 50.9 Å². The van der Waals surface area contributed by atoms with Gasteiger partial charge in [0.15, 0.2) is 0 Å². The standard InChI is InChI=1S/C10H9ClOS3/c11-7-1-3-8(4-2-7)12-5-9-6-14-10(13)15-9/h1-4,9H,5-6H2. The van der Waals surface area contributed by atoms with Gasteiger partial charge in [-0.2, -0.15) is 0 Å². The second kappa shape index (κ2) is 5.43. The highest BCUT2D eigenvalue weighted by atomic mass is 35.5. The molecule has 1 unspecified atom stereocenters. The molecule has 0 saturated carbocycles. The van der Waals surface area contributed by atoms with Gasteiger partial charge in [0.1, 0.15) is 15.9 Å². The number of rotatable bonds is 3. The van der Waals surface area contributed by atoms with E-state index in [0.29, 0.717) is 11.9 Å². The van der Waals surface area contributed by atoms with Gasteiger partial charge in [0.2, 0.25) is 0 Å². The maximum Gasteiger partial charge on any atom is 0.119 e. The molecule has 1 saturated heterocycles. The highest BCUT2D eigenvalue weighted by molar-refractivity contribution is 8.49. The highest BCUT2D eigenvalue weighted by Crippen LogP contribution is 2.33. The first-order valence-electron chi connectivity index (χ1n) is 4.46. The molecule has 1 fully saturated rings. The Hall–Kier alpha value is 0.1000. The van der Waals surface area contributed by atoms with Crippen molar-refractivity contribution in [2.75, 3.05) is 12.4 Å². The van der Waals surface area contributed by atoms with Crippen LogP contribution in [0.25, 0.3) is 0 Å². The monoisotopic (exact) mass is 276 g/mol. The first-order valence-corrected chi connectivity index (χ1v) is 7.11. The average Bonchev–Trinajstić information content (AvgIpc) is 2.64. The van der Waals surface area contributed by atoms with Gasteiger partial charge in [-0.25, -0.2) is 0 Å². The van der Waals surface area contributed by atoms with Gasteiger partial charge in [-0.15, -0.1) is 11.8 Å². The molecule has 1 aliphatic heterocycles. The van der Waals surface area contributed by atoms with Crippen LogP contribution in [0.4, 0.5) is 0 Å². The van der Waals surface area contributed by atoms with Crippen LogP contribution in [0.5, 0.6) is 5.75 Å². The first-order chi connectivity index (χ1) is 7.24. The molecule has 0 spiro atoms. The van der Waals surface area contributed by atoms with Crippen molar-refractivity contribution in [1.29, 1.82) is 0 Å². The van der Waals surface area contributed by atoms with E-state index in [1.807, 2.05) is 24.3 Å². The molecule has 1 heterocycles. The fourth-order valence-corrected chi connectivity index (χ4v) is 4.09. The highest BCUT2D eigenvalue weighted by Gasteiger charge is 2.21. The Morgan fingerprint density at radius 1 is 1.40 bits per heavy atom. The largest absolute Gasteiger partial charge is 0.492 e. The zero-order valence-electron chi connectivity index (χ0n) is 7.81. The fraction of sp³-hybridized carbons (Fsp3) is 0.300. The normalized spacial score (nSPS) is 20.6. The Labute approximate surface area is 108 Å². The molecule has 0 N–H and O–H groups in total. The number of thioether (sulfide) groups is 2. The molecule has 1 nitrogen and oxygen atoms in total. The van der Waals surface area contributed by atoms with E-state index < -0.39 is 0 Å². The van der Waals surface area contributed by atoms with Crippen molar-refractivity contribution in [1.82, 2.24) is 0 Å². The van der Waals surface area contributed by atoms with E-state index in [0.717, 1.165) is 20.1 Å². The van der Waals surface area contributed by atoms with Gasteiger partial charge >= 0.3 is 0 Å². The van der Waals surface area contributed by atoms with Crippen LogP contribution in [0.2, 0.25) is 5.02 Å². The molecule has 1 aromatic rings. The zero-order valence-corrected chi connectivity index (χ0v) is 11.0. The van der Waals surface area contributed by atoms with Crippen molar-refractivity contribution in [3.05, 3.63) is 29.3 Å². The maximum absolute atomic E-state index is 5.78. The second-order valence-electron chi connectivity index (χ2n) is 3.07. The quantitative estimate of drug-likeness (QED) is 0.775. The smallest absolute Gasteiger partial charge is 0.119 e. The molecule has 80 valence electrons. The fourth-order valence-electron chi connectivity index (χ4n) is 1.17. The van der Waals surface area contributed by atoms with Crippen molar-refractivity contribution < 1.29 is 4.74 Å². The number of benzene rings is 1. The minimum absolute atomic E-state index is 0.484. The molecule has 2 rings (SSSR count). The summed E-state index contributed by atoms with van der Waals surface area (Å²) in [7, 11) is 0. The third kappa shape index (κ3) is 3.55. The van der Waals surface area contributed by atoms with Gasteiger partial charge in [0, 0.05) is 10.8 Å². The molecule has 0 aliphatic carbocycles. The van der Waals surface area contributed by atoms with E-state index in [-0.39, 0.29) is 0 Å². The molecule has 1 atom stereocenters. The zero-order chi connectivity index (χ0) is 10.7. The van der Waals surface area contributed by atoms with Crippen LogP contribution in [0.1, 0.15) is 0 Å². The summed E-state index contributed by atoms with van der Waals surface area (Å²) in [5.74, 6) is 1.92. The van der Waals surface area contributed by atoms with Gasteiger partial charge < -0.3 is 4.74 Å². The summed E-state index contributed by atoms with van der Waals surface area (Å²) in [5.41, 5.74) is 0. The molecule has 1 aliphatic rings. The van der Waals surface area contributed by atoms with Crippen LogP contribution >= 0.6 is 47.3 Å². The molecule has 15 heavy (non-hydrogen) atoms. The Bertz CT molecular complexity index is 352. The third-order valence-electron chi connectivity index (χ3n) is 1.90. The number of thiocarbonyl (C=S) groups is 1. The van der Waals surface area contributed by atoms with Crippen LogP contribution in [-0.2, 0) is 0 Å². The molecule has 0 bridgehead atoms. The van der Waals surface area contributed by atoms with Crippen molar-refractivity contribution in [3.63, 3.8) is 0 Å². The van der Waals surface area contributed by atoms with Crippen LogP contribution in [0, 0.1) is 0 Å². The lowest BCUT2D eigenvalue weighted by Gasteiger charge is -2.09. The van der Waals surface area contributed by atoms with Crippen LogP contribution in [-0.4, -0.2) is 21.1 Å². The lowest BCUT2D eigenvalue weighted by Crippen LogP contribution is -2.13. The summed E-state index contributed by atoms with van der Waals surface area (Å²) < 4.78 is 6.67. The number of ether oxygens (including phenoxy) is 1. The summed E-state index contributed by atoms with van der Waals surface area (Å²) in [6.07, 6.45) is 0. The van der Waals surface area contributed by atoms with E-state index in [9.17, 15) is 0 Å². The maximum atomic E-state index is 5.78. The predicted octanol–water partition coefficient (Wildman–Crippen LogP) is 3.85. The van der Waals surface area contributed by atoms with Crippen molar-refractivity contribution in [2.24, 2.45) is 0 Å². The van der Waals surface area contributed by atoms with E-state index in [1.165, 1.54) is 0 Å². The minimum atomic E-state index is 0.484. The predicted molar refractivity (Wildman–Crippen MR) is 73.4 cm³/mol. The topological polar surface area (TPSA) is 9.23 Å². The van der Waals surface area contributed by atoms with E-state index in [2.05, 4.69) is 0 Å². The van der Waals surface area contributed by atoms with E-state index >= 15 is 0 Å². The summed E-state index contributed by atoms with van der Waals surface area (Å²) in [5, 5.41) is 1.22. The number of hydrogen-bond donors (Lipinski definition) is 0. The van der Waals surface area contributed by atoms with Crippen molar-refractivity contribution in [3.8, 4) is 5.75 Å². The lowest BCUT2D eigenvalue weighted by atomic mass is 10.3. The SMILES string of the molecule is S=C1SCC(COc2ccc(Cl)cc2)S1. The van der Waals surface area contributed by atoms with Gasteiger partial charge in [-0.05, 0) is 24.3 Å². The molecule has 0 aromatic heterocycles. The van der Waals surface area contributed by atoms with Crippen molar-refractivity contribution in [2.45, 2.75) is 5.25 Å². The van der Waals surface area contributed by atoms with E-state index in [4.69, 9.17) is 28.6 Å². The summed E-state index contributed by atoms with van der Waals surface area (Å²) >= 11 is 14.3. The van der Waals surface area contributed by atoms with Crippen LogP contribution in [0.15, 0.2) is 24.3 Å². The summed E-state index contributed by atoms with van der Waals surface area (Å²) in [6.45, 7) is 0.708. The molecule has 0 amide bonds. The average molecular weight is 277 g/mol. The van der Waals surface area contributed by atoms with Gasteiger partial charge in [0.05, 0.1) is 5.25 Å². The van der Waals surface area contributed by atoms with Gasteiger partial charge in [-0.3, -0.25) is 0 Å². The summed E-state index contributed by atoms with van der Waals surface area (Å²) in [6, 6.07) is 7.43. The lowest BCUT2D eigenvalue weighted by molar-refractivity contribution is 0.324. The minimum Gasteiger partial charge on any atom is -0.492 e. The molecule has 1 aromatic carbocycles. The molecule has 5 heteroatoms. The molecular formula is C10H9ClOS3. The summed E-state index contributed by atoms with van der Waals surface area (Å²) in [4.78, 5) is 0. The Morgan fingerprint density at radius 3 is 2.73 bits per heavy atom. The van der Waals surface area contributed by atoms with Gasteiger partial charge in [0.25, 0.3) is 0 Å². The van der Waals surface area contributed by atoms with Crippen LogP contribution < -0.4 is 4.74 Å². The Morgan fingerprint density at radius 2 is 2.13 bits per heavy atom. The molecule has 0 radical (unpaired) electrons. The Kier molecular flexibility index (Phi) is 4.20. The van der Waals surface area contributed by atoms with Crippen LogP contribution in [0.3, 0.4) is 0 Å². The third-order valence-corrected chi connectivity index (χ3v) is 5.28. The first kappa shape index (κ1) is 11.6. The number of hydrogen-bond acceptors (Lipinski definition) is 4. The van der Waals surface area contributed by atoms with E-state index in [1.54, 1.807) is 23.5 Å². The van der Waals surface area contributed by atoms with Gasteiger partial charge in [-0.1, -0.05) is 35.6 Å².